The van der Waals surface area contributed by atoms with Gasteiger partial charge in [0.1, 0.15) is 4.21 Å². The molecule has 1 amide bonds. The Morgan fingerprint density at radius 3 is 2.38 bits per heavy atom. The second kappa shape index (κ2) is 8.02. The number of sulfonamides is 1. The molecule has 0 N–H and O–H groups in total. The minimum Gasteiger partial charge on any atom is -0.335 e. The van der Waals surface area contributed by atoms with Crippen LogP contribution in [0, 0.1) is 6.92 Å². The first-order valence-electron chi connectivity index (χ1n) is 9.03. The van der Waals surface area contributed by atoms with Crippen LogP contribution >= 0.6 is 27.3 Å². The molecule has 10 heteroatoms. The number of halogens is 1. The highest BCUT2D eigenvalue weighted by molar-refractivity contribution is 9.11. The van der Waals surface area contributed by atoms with Crippen molar-refractivity contribution in [3.63, 3.8) is 0 Å². The standard InChI is InChI=1S/C19H19BrN4O3S2/c1-14-13-16(21-24(14)15-5-3-2-4-6-15)19(25)22-9-11-23(12-10-22)29(26,27)18-8-7-17(20)28-18/h2-8,13H,9-12H2,1H3. The highest BCUT2D eigenvalue weighted by Crippen LogP contribution is 2.29. The van der Waals surface area contributed by atoms with Crippen LogP contribution in [-0.4, -0.2) is 59.5 Å². The Bertz CT molecular complexity index is 1130. The second-order valence-electron chi connectivity index (χ2n) is 6.67. The van der Waals surface area contributed by atoms with E-state index >= 15 is 0 Å². The lowest BCUT2D eigenvalue weighted by atomic mass is 10.3. The number of hydrogen-bond acceptors (Lipinski definition) is 5. The predicted molar refractivity (Wildman–Crippen MR) is 115 cm³/mol. The molecule has 0 unspecified atom stereocenters. The van der Waals surface area contributed by atoms with Gasteiger partial charge < -0.3 is 4.90 Å². The number of piperazine rings is 1. The first-order valence-corrected chi connectivity index (χ1v) is 12.1. The van der Waals surface area contributed by atoms with Crippen LogP contribution in [0.2, 0.25) is 0 Å². The number of para-hydroxylation sites is 1. The summed E-state index contributed by atoms with van der Waals surface area (Å²) in [7, 11) is -3.53. The highest BCUT2D eigenvalue weighted by atomic mass is 79.9. The Hall–Kier alpha value is -2.01. The fourth-order valence-corrected chi connectivity index (χ4v) is 6.85. The van der Waals surface area contributed by atoms with E-state index in [0.717, 1.165) is 15.2 Å². The van der Waals surface area contributed by atoms with E-state index in [1.54, 1.807) is 27.8 Å². The fourth-order valence-electron chi connectivity index (χ4n) is 3.27. The normalized spacial score (nSPS) is 15.6. The molecule has 3 aromatic rings. The minimum absolute atomic E-state index is 0.182. The Morgan fingerprint density at radius 1 is 1.07 bits per heavy atom. The molecule has 4 rings (SSSR count). The van der Waals surface area contributed by atoms with E-state index in [9.17, 15) is 13.2 Å². The quantitative estimate of drug-likeness (QED) is 0.558. The van der Waals surface area contributed by atoms with Crippen molar-refractivity contribution in [2.75, 3.05) is 26.2 Å². The van der Waals surface area contributed by atoms with Crippen molar-refractivity contribution < 1.29 is 13.2 Å². The molecule has 0 spiro atoms. The predicted octanol–water partition coefficient (Wildman–Crippen LogP) is 3.15. The number of hydrogen-bond donors (Lipinski definition) is 0. The van der Waals surface area contributed by atoms with Crippen LogP contribution in [0.4, 0.5) is 0 Å². The first-order chi connectivity index (χ1) is 13.9. The first kappa shape index (κ1) is 20.3. The molecule has 7 nitrogen and oxygen atoms in total. The summed E-state index contributed by atoms with van der Waals surface area (Å²) in [6.07, 6.45) is 0. The van der Waals surface area contributed by atoms with E-state index in [2.05, 4.69) is 21.0 Å². The maximum Gasteiger partial charge on any atom is 0.274 e. The summed E-state index contributed by atoms with van der Waals surface area (Å²) in [4.78, 5) is 14.6. The van der Waals surface area contributed by atoms with Crippen LogP contribution in [0.25, 0.3) is 5.69 Å². The average Bonchev–Trinajstić information content (AvgIpc) is 3.34. The molecular formula is C19H19BrN4O3S2. The molecule has 0 aliphatic carbocycles. The molecule has 0 radical (unpaired) electrons. The monoisotopic (exact) mass is 494 g/mol. The van der Waals surface area contributed by atoms with Gasteiger partial charge in [-0.25, -0.2) is 13.1 Å². The number of aromatic nitrogens is 2. The van der Waals surface area contributed by atoms with Crippen molar-refractivity contribution >= 4 is 43.2 Å². The van der Waals surface area contributed by atoms with Crippen LogP contribution in [0.3, 0.4) is 0 Å². The SMILES string of the molecule is Cc1cc(C(=O)N2CCN(S(=O)(=O)c3ccc(Br)s3)CC2)nn1-c1ccccc1. The Balaban J connectivity index is 1.46. The van der Waals surface area contributed by atoms with Gasteiger partial charge in [0.15, 0.2) is 5.69 Å². The molecule has 3 heterocycles. The molecule has 152 valence electrons. The number of amides is 1. The number of carbonyl (C=O) groups excluding carboxylic acids is 1. The second-order valence-corrected chi connectivity index (χ2v) is 11.3. The maximum absolute atomic E-state index is 12.9. The minimum atomic E-state index is -3.53. The zero-order chi connectivity index (χ0) is 20.6. The molecule has 29 heavy (non-hydrogen) atoms. The van der Waals surface area contributed by atoms with Crippen molar-refractivity contribution in [1.82, 2.24) is 19.0 Å². The van der Waals surface area contributed by atoms with E-state index < -0.39 is 10.0 Å². The molecule has 0 bridgehead atoms. The van der Waals surface area contributed by atoms with Gasteiger partial charge in [0, 0.05) is 31.9 Å². The largest absolute Gasteiger partial charge is 0.335 e. The topological polar surface area (TPSA) is 75.5 Å². The number of nitrogens with zero attached hydrogens (tertiary/aromatic N) is 4. The van der Waals surface area contributed by atoms with Gasteiger partial charge in [-0.15, -0.1) is 11.3 Å². The summed E-state index contributed by atoms with van der Waals surface area (Å²) >= 11 is 4.49. The lowest BCUT2D eigenvalue weighted by Crippen LogP contribution is -2.50. The summed E-state index contributed by atoms with van der Waals surface area (Å²) in [6, 6.07) is 14.7. The maximum atomic E-state index is 12.9. The fraction of sp³-hybridized carbons (Fsp3) is 0.263. The molecule has 0 saturated carbocycles. The van der Waals surface area contributed by atoms with Gasteiger partial charge in [-0.05, 0) is 53.2 Å². The van der Waals surface area contributed by atoms with Crippen LogP contribution in [0.1, 0.15) is 16.2 Å². The van der Waals surface area contributed by atoms with E-state index in [1.165, 1.54) is 15.6 Å². The zero-order valence-electron chi connectivity index (χ0n) is 15.7. The number of rotatable bonds is 4. The lowest BCUT2D eigenvalue weighted by Gasteiger charge is -2.33. The molecule has 1 fully saturated rings. The summed E-state index contributed by atoms with van der Waals surface area (Å²) in [5, 5.41) is 4.46. The van der Waals surface area contributed by atoms with Crippen molar-refractivity contribution in [3.8, 4) is 5.69 Å². The van der Waals surface area contributed by atoms with Gasteiger partial charge in [-0.2, -0.15) is 9.40 Å². The van der Waals surface area contributed by atoms with Gasteiger partial charge in [0.2, 0.25) is 0 Å². The van der Waals surface area contributed by atoms with E-state index in [0.29, 0.717) is 23.0 Å². The number of benzene rings is 1. The third-order valence-electron chi connectivity index (χ3n) is 4.78. The Morgan fingerprint density at radius 2 is 1.76 bits per heavy atom. The highest BCUT2D eigenvalue weighted by Gasteiger charge is 2.32. The van der Waals surface area contributed by atoms with Gasteiger partial charge in [-0.1, -0.05) is 18.2 Å². The molecule has 1 aliphatic heterocycles. The van der Waals surface area contributed by atoms with Crippen molar-refractivity contribution in [1.29, 1.82) is 0 Å². The number of carbonyl (C=O) groups is 1. The lowest BCUT2D eigenvalue weighted by molar-refractivity contribution is 0.0691. The van der Waals surface area contributed by atoms with E-state index in [1.807, 2.05) is 37.3 Å². The Kier molecular flexibility index (Phi) is 5.60. The molecule has 2 aromatic heterocycles. The summed E-state index contributed by atoms with van der Waals surface area (Å²) in [5.74, 6) is -0.182. The van der Waals surface area contributed by atoms with Crippen molar-refractivity contribution in [3.05, 3.63) is 63.7 Å². The van der Waals surface area contributed by atoms with Gasteiger partial charge in [0.05, 0.1) is 9.47 Å². The molecule has 1 aromatic carbocycles. The molecule has 0 atom stereocenters. The van der Waals surface area contributed by atoms with E-state index in [4.69, 9.17) is 0 Å². The summed E-state index contributed by atoms with van der Waals surface area (Å²) < 4.78 is 29.7. The van der Waals surface area contributed by atoms with E-state index in [-0.39, 0.29) is 19.0 Å². The molecular weight excluding hydrogens is 476 g/mol. The van der Waals surface area contributed by atoms with Crippen LogP contribution in [0.15, 0.2) is 56.5 Å². The average molecular weight is 495 g/mol. The summed E-state index contributed by atoms with van der Waals surface area (Å²) in [6.45, 7) is 3.11. The molecule has 1 saturated heterocycles. The summed E-state index contributed by atoms with van der Waals surface area (Å²) in [5.41, 5.74) is 2.12. The van der Waals surface area contributed by atoms with Crippen LogP contribution in [0.5, 0.6) is 0 Å². The molecule has 1 aliphatic rings. The van der Waals surface area contributed by atoms with Crippen molar-refractivity contribution in [2.45, 2.75) is 11.1 Å². The van der Waals surface area contributed by atoms with Crippen molar-refractivity contribution in [2.24, 2.45) is 0 Å². The van der Waals surface area contributed by atoms with Gasteiger partial charge in [0.25, 0.3) is 15.9 Å². The zero-order valence-corrected chi connectivity index (χ0v) is 18.9. The van der Waals surface area contributed by atoms with Crippen LogP contribution < -0.4 is 0 Å². The number of thiophene rings is 1. The smallest absolute Gasteiger partial charge is 0.274 e. The van der Waals surface area contributed by atoms with Gasteiger partial charge >= 0.3 is 0 Å². The third-order valence-corrected chi connectivity index (χ3v) is 8.77. The van der Waals surface area contributed by atoms with Crippen LogP contribution in [-0.2, 0) is 10.0 Å². The third kappa shape index (κ3) is 4.02. The number of aryl methyl sites for hydroxylation is 1. The van der Waals surface area contributed by atoms with Gasteiger partial charge in [-0.3, -0.25) is 4.79 Å². The Labute approximate surface area is 181 Å².